The second kappa shape index (κ2) is 4.98. The van der Waals surface area contributed by atoms with Gasteiger partial charge in [0, 0.05) is 11.3 Å². The molecule has 90 valence electrons. The number of β-lactam (4-membered cyclic amide) rings is 1. The number of nitrogens with zero attached hydrogens (tertiary/aromatic N) is 1. The first kappa shape index (κ1) is 12.3. The van der Waals surface area contributed by atoms with Crippen LogP contribution >= 0.6 is 23.5 Å². The van der Waals surface area contributed by atoms with Crippen LogP contribution in [0.5, 0.6) is 0 Å². The van der Waals surface area contributed by atoms with Crippen LogP contribution in [0.3, 0.4) is 0 Å². The summed E-state index contributed by atoms with van der Waals surface area (Å²) in [6.45, 7) is 0.296. The second-order valence-corrected chi connectivity index (χ2v) is 4.63. The van der Waals surface area contributed by atoms with E-state index in [2.05, 4.69) is 0 Å². The number of halogens is 1. The fraction of sp³-hybridized carbons (Fsp3) is 0.273. The van der Waals surface area contributed by atoms with Gasteiger partial charge in [0.15, 0.2) is 0 Å². The minimum Gasteiger partial charge on any atom is -0.452 e. The summed E-state index contributed by atoms with van der Waals surface area (Å²) in [5.74, 6) is -0.213. The third-order valence-corrected chi connectivity index (χ3v) is 3.77. The molecule has 0 bridgehead atoms. The number of ether oxygens (including phenoxy) is 1. The molecule has 1 aromatic carbocycles. The molecule has 0 radical (unpaired) electrons. The molecule has 17 heavy (non-hydrogen) atoms. The molecule has 2 rings (SSSR count). The molecule has 2 atom stereocenters. The summed E-state index contributed by atoms with van der Waals surface area (Å²) in [7, 11) is 0. The van der Waals surface area contributed by atoms with E-state index in [-0.39, 0.29) is 11.9 Å². The number of amides is 1. The number of rotatable bonds is 4. The molecule has 1 aliphatic rings. The van der Waals surface area contributed by atoms with Crippen molar-refractivity contribution in [1.29, 1.82) is 0 Å². The Bertz CT molecular complexity index is 454. The molecule has 1 amide bonds. The first-order valence-corrected chi connectivity index (χ1v) is 6.47. The minimum atomic E-state index is -0.764. The Balaban J connectivity index is 2.31. The van der Waals surface area contributed by atoms with Crippen molar-refractivity contribution in [2.24, 2.45) is 0 Å². The maximum atomic E-state index is 11.7. The summed E-state index contributed by atoms with van der Waals surface area (Å²) >= 11 is 7.37. The molecule has 1 aliphatic heterocycles. The zero-order chi connectivity index (χ0) is 12.4. The Morgan fingerprint density at radius 1 is 1.47 bits per heavy atom. The van der Waals surface area contributed by atoms with Crippen molar-refractivity contribution in [2.45, 2.75) is 12.1 Å². The van der Waals surface area contributed by atoms with E-state index in [1.54, 1.807) is 16.6 Å². The van der Waals surface area contributed by atoms with E-state index in [4.69, 9.17) is 16.3 Å². The Hall–Kier alpha value is -1.20. The molecule has 0 N–H and O–H groups in total. The van der Waals surface area contributed by atoms with E-state index >= 15 is 0 Å². The average Bonchev–Trinajstić information content (AvgIpc) is 2.34. The van der Waals surface area contributed by atoms with E-state index in [0.29, 0.717) is 11.5 Å². The van der Waals surface area contributed by atoms with Crippen molar-refractivity contribution in [3.8, 4) is 0 Å². The van der Waals surface area contributed by atoms with Crippen molar-refractivity contribution in [1.82, 2.24) is 4.31 Å². The number of hydrogen-bond donors (Lipinski definition) is 0. The Morgan fingerprint density at radius 3 is 2.76 bits per heavy atom. The lowest BCUT2D eigenvalue weighted by atomic mass is 9.94. The van der Waals surface area contributed by atoms with Crippen molar-refractivity contribution in [3.63, 3.8) is 0 Å². The van der Waals surface area contributed by atoms with Gasteiger partial charge in [0.05, 0.1) is 0 Å². The molecule has 1 fully saturated rings. The molecule has 0 spiro atoms. The SMILES string of the molecule is CSN1C(=O)[C@H](OC=O)C1c1ccccc1Cl. The first-order chi connectivity index (χ1) is 8.20. The number of carbonyl (C=O) groups is 2. The lowest BCUT2D eigenvalue weighted by molar-refractivity contribution is -0.166. The van der Waals surface area contributed by atoms with Crippen molar-refractivity contribution in [3.05, 3.63) is 34.9 Å². The highest BCUT2D eigenvalue weighted by Gasteiger charge is 2.50. The number of benzene rings is 1. The van der Waals surface area contributed by atoms with Crippen LogP contribution < -0.4 is 0 Å². The monoisotopic (exact) mass is 271 g/mol. The van der Waals surface area contributed by atoms with Gasteiger partial charge in [-0.3, -0.25) is 13.9 Å². The van der Waals surface area contributed by atoms with Gasteiger partial charge in [0.2, 0.25) is 6.10 Å². The highest BCUT2D eigenvalue weighted by atomic mass is 35.5. The predicted molar refractivity (Wildman–Crippen MR) is 65.5 cm³/mol. The predicted octanol–water partition coefficient (Wildman–Crippen LogP) is 2.04. The average molecular weight is 272 g/mol. The summed E-state index contributed by atoms with van der Waals surface area (Å²) in [6, 6.07) is 6.91. The van der Waals surface area contributed by atoms with Crippen LogP contribution in [0.4, 0.5) is 0 Å². The maximum absolute atomic E-state index is 11.7. The van der Waals surface area contributed by atoms with Crippen molar-refractivity contribution in [2.75, 3.05) is 6.26 Å². The van der Waals surface area contributed by atoms with Crippen LogP contribution in [0.15, 0.2) is 24.3 Å². The molecule has 0 aliphatic carbocycles. The summed E-state index contributed by atoms with van der Waals surface area (Å²) < 4.78 is 6.35. The fourth-order valence-corrected chi connectivity index (χ4v) is 2.82. The van der Waals surface area contributed by atoms with Crippen LogP contribution in [0, 0.1) is 0 Å². The van der Waals surface area contributed by atoms with E-state index in [0.717, 1.165) is 5.56 Å². The van der Waals surface area contributed by atoms with Gasteiger partial charge in [0.1, 0.15) is 6.04 Å². The minimum absolute atomic E-state index is 0.213. The van der Waals surface area contributed by atoms with Crippen molar-refractivity contribution < 1.29 is 14.3 Å². The summed E-state index contributed by atoms with van der Waals surface area (Å²) in [5.41, 5.74) is 0.787. The standard InChI is InChI=1S/C11H10ClNO3S/c1-17-13-9(10(11(13)15)16-6-14)7-4-2-3-5-8(7)12/h2-6,9-10H,1H3/t9?,10-/m1/s1. The lowest BCUT2D eigenvalue weighted by Gasteiger charge is -2.44. The third-order valence-electron chi connectivity index (χ3n) is 2.62. The molecule has 1 saturated heterocycles. The van der Waals surface area contributed by atoms with Gasteiger partial charge in [0.25, 0.3) is 12.4 Å². The molecule has 4 nitrogen and oxygen atoms in total. The van der Waals surface area contributed by atoms with Gasteiger partial charge in [-0.1, -0.05) is 41.7 Å². The Labute approximate surface area is 108 Å². The second-order valence-electron chi connectivity index (χ2n) is 3.47. The number of carbonyl (C=O) groups excluding carboxylic acids is 2. The molecule has 1 unspecified atom stereocenters. The smallest absolute Gasteiger partial charge is 0.293 e. The molecule has 1 heterocycles. The maximum Gasteiger partial charge on any atom is 0.293 e. The van der Waals surface area contributed by atoms with Gasteiger partial charge < -0.3 is 4.74 Å². The van der Waals surface area contributed by atoms with E-state index in [1.807, 2.05) is 18.2 Å². The first-order valence-electron chi connectivity index (χ1n) is 4.91. The normalized spacial score (nSPS) is 23.2. The van der Waals surface area contributed by atoms with Gasteiger partial charge in [-0.05, 0) is 11.6 Å². The molecular formula is C11H10ClNO3S. The van der Waals surface area contributed by atoms with Crippen LogP contribution in [0.25, 0.3) is 0 Å². The van der Waals surface area contributed by atoms with Gasteiger partial charge in [-0.25, -0.2) is 0 Å². The molecule has 6 heteroatoms. The fourth-order valence-electron chi connectivity index (χ4n) is 1.84. The summed E-state index contributed by atoms with van der Waals surface area (Å²) in [5, 5.41) is 0.559. The van der Waals surface area contributed by atoms with Gasteiger partial charge >= 0.3 is 0 Å². The molecule has 0 aromatic heterocycles. The molecular weight excluding hydrogens is 262 g/mol. The lowest BCUT2D eigenvalue weighted by Crippen LogP contribution is -2.56. The van der Waals surface area contributed by atoms with Crippen LogP contribution in [-0.2, 0) is 14.3 Å². The quantitative estimate of drug-likeness (QED) is 0.478. The van der Waals surface area contributed by atoms with Crippen molar-refractivity contribution >= 4 is 35.9 Å². The van der Waals surface area contributed by atoms with Crippen LogP contribution in [0.1, 0.15) is 11.6 Å². The number of hydrogen-bond acceptors (Lipinski definition) is 4. The molecule has 0 saturated carbocycles. The Morgan fingerprint density at radius 2 is 2.18 bits per heavy atom. The molecule has 1 aromatic rings. The summed E-state index contributed by atoms with van der Waals surface area (Å²) in [6.07, 6.45) is 1.03. The van der Waals surface area contributed by atoms with Gasteiger partial charge in [-0.15, -0.1) is 0 Å². The highest BCUT2D eigenvalue weighted by Crippen LogP contribution is 2.43. The third kappa shape index (κ3) is 2.00. The topological polar surface area (TPSA) is 46.6 Å². The van der Waals surface area contributed by atoms with E-state index in [1.165, 1.54) is 11.9 Å². The van der Waals surface area contributed by atoms with Crippen LogP contribution in [-0.4, -0.2) is 29.0 Å². The largest absolute Gasteiger partial charge is 0.452 e. The highest BCUT2D eigenvalue weighted by molar-refractivity contribution is 7.96. The zero-order valence-electron chi connectivity index (χ0n) is 9.00. The van der Waals surface area contributed by atoms with Crippen LogP contribution in [0.2, 0.25) is 5.02 Å². The summed E-state index contributed by atoms with van der Waals surface area (Å²) in [4.78, 5) is 22.0. The Kier molecular flexibility index (Phi) is 3.59. The van der Waals surface area contributed by atoms with Gasteiger partial charge in [-0.2, -0.15) is 0 Å². The van der Waals surface area contributed by atoms with E-state index < -0.39 is 6.10 Å². The zero-order valence-corrected chi connectivity index (χ0v) is 10.6. The van der Waals surface area contributed by atoms with E-state index in [9.17, 15) is 9.59 Å².